The molecule has 1 aromatic heterocycles. The number of morpholine rings is 1. The van der Waals surface area contributed by atoms with Gasteiger partial charge in [-0.1, -0.05) is 0 Å². The Balaban J connectivity index is 1.72. The van der Waals surface area contributed by atoms with Gasteiger partial charge in [-0.2, -0.15) is 0 Å². The van der Waals surface area contributed by atoms with Gasteiger partial charge in [0.1, 0.15) is 0 Å². The van der Waals surface area contributed by atoms with Crippen molar-refractivity contribution in [2.24, 2.45) is 0 Å². The summed E-state index contributed by atoms with van der Waals surface area (Å²) in [6.07, 6.45) is 2.97. The predicted octanol–water partition coefficient (Wildman–Crippen LogP) is 1.60. The minimum absolute atomic E-state index is 0.0214. The predicted molar refractivity (Wildman–Crippen MR) is 109 cm³/mol. The summed E-state index contributed by atoms with van der Waals surface area (Å²) >= 11 is 0. The normalized spacial score (nSPS) is 19.0. The molecule has 156 valence electrons. The van der Waals surface area contributed by atoms with E-state index in [9.17, 15) is 9.59 Å². The zero-order valence-electron chi connectivity index (χ0n) is 17.5. The quantitative estimate of drug-likeness (QED) is 0.801. The average molecular weight is 391 g/mol. The van der Waals surface area contributed by atoms with Crippen LogP contribution in [0.1, 0.15) is 53.8 Å². The van der Waals surface area contributed by atoms with Crippen molar-refractivity contribution in [1.82, 2.24) is 19.7 Å². The Kier molecular flexibility index (Phi) is 7.13. The molecule has 0 aliphatic carbocycles. The molecule has 28 heavy (non-hydrogen) atoms. The summed E-state index contributed by atoms with van der Waals surface area (Å²) in [6, 6.07) is 2.08. The van der Waals surface area contributed by atoms with Gasteiger partial charge in [0.15, 0.2) is 0 Å². The summed E-state index contributed by atoms with van der Waals surface area (Å²) < 4.78 is 7.78. The molecule has 0 radical (unpaired) electrons. The van der Waals surface area contributed by atoms with Crippen molar-refractivity contribution in [1.29, 1.82) is 0 Å². The van der Waals surface area contributed by atoms with E-state index in [1.807, 2.05) is 11.8 Å². The fourth-order valence-electron chi connectivity index (χ4n) is 4.44. The highest BCUT2D eigenvalue weighted by molar-refractivity contribution is 5.95. The van der Waals surface area contributed by atoms with E-state index < -0.39 is 0 Å². The van der Waals surface area contributed by atoms with Crippen LogP contribution in [0.3, 0.4) is 0 Å². The summed E-state index contributed by atoms with van der Waals surface area (Å²) in [5, 5.41) is 2.77. The second kappa shape index (κ2) is 9.56. The molecule has 7 heteroatoms. The number of nitrogens with zero attached hydrogens (tertiary/aromatic N) is 3. The molecule has 2 aliphatic rings. The van der Waals surface area contributed by atoms with E-state index in [2.05, 4.69) is 20.9 Å². The molecule has 0 saturated carbocycles. The average Bonchev–Trinajstić information content (AvgIpc) is 3.05. The maximum atomic E-state index is 12.3. The second-order valence-electron chi connectivity index (χ2n) is 7.89. The van der Waals surface area contributed by atoms with Crippen LogP contribution in [0.4, 0.5) is 0 Å². The first-order chi connectivity index (χ1) is 13.5. The third-order valence-corrected chi connectivity index (χ3v) is 6.19. The highest BCUT2D eigenvalue weighted by atomic mass is 16.5. The first-order valence-electron chi connectivity index (χ1n) is 10.5. The molecule has 1 N–H and O–H groups in total. The lowest BCUT2D eigenvalue weighted by Gasteiger charge is -2.32. The molecule has 1 aromatic rings. The number of nitrogens with one attached hydrogen (secondary N) is 1. The molecule has 0 unspecified atom stereocenters. The Labute approximate surface area is 168 Å². The fourth-order valence-corrected chi connectivity index (χ4v) is 4.44. The number of carbonyl (C=O) groups excluding carboxylic acids is 2. The molecular weight excluding hydrogens is 356 g/mol. The number of amides is 2. The van der Waals surface area contributed by atoms with Crippen LogP contribution in [0.2, 0.25) is 0 Å². The number of likely N-dealkylation sites (tertiary alicyclic amines) is 1. The summed E-state index contributed by atoms with van der Waals surface area (Å²) in [4.78, 5) is 28.4. The topological polar surface area (TPSA) is 66.8 Å². The third kappa shape index (κ3) is 4.75. The molecule has 0 bridgehead atoms. The van der Waals surface area contributed by atoms with Crippen LogP contribution in [-0.4, -0.2) is 79.2 Å². The van der Waals surface area contributed by atoms with E-state index in [4.69, 9.17) is 4.74 Å². The lowest BCUT2D eigenvalue weighted by atomic mass is 9.93. The van der Waals surface area contributed by atoms with E-state index in [0.717, 1.165) is 83.0 Å². The van der Waals surface area contributed by atoms with Crippen LogP contribution >= 0.6 is 0 Å². The van der Waals surface area contributed by atoms with Gasteiger partial charge < -0.3 is 19.5 Å². The minimum Gasteiger partial charge on any atom is -0.379 e. The van der Waals surface area contributed by atoms with Crippen molar-refractivity contribution >= 4 is 11.8 Å². The number of piperidine rings is 1. The number of rotatable bonds is 6. The van der Waals surface area contributed by atoms with Gasteiger partial charge in [0.25, 0.3) is 5.91 Å². The Bertz CT molecular complexity index is 686. The monoisotopic (exact) mass is 390 g/mol. The van der Waals surface area contributed by atoms with Crippen LogP contribution in [0, 0.1) is 6.92 Å². The van der Waals surface area contributed by atoms with Crippen molar-refractivity contribution in [3.63, 3.8) is 0 Å². The van der Waals surface area contributed by atoms with Gasteiger partial charge in [-0.05, 0) is 32.3 Å². The number of ether oxygens (including phenoxy) is 1. The Morgan fingerprint density at radius 2 is 1.82 bits per heavy atom. The van der Waals surface area contributed by atoms with Gasteiger partial charge in [0, 0.05) is 70.5 Å². The van der Waals surface area contributed by atoms with Gasteiger partial charge in [0.2, 0.25) is 5.91 Å². The third-order valence-electron chi connectivity index (χ3n) is 6.19. The standard InChI is InChI=1S/C21H34N4O3/c1-16-19(21(27)22-3)15-20(18-5-9-24(10-6-18)17(2)26)25(16)8-4-7-23-11-13-28-14-12-23/h15,18H,4-14H2,1-3H3,(H,22,27). The van der Waals surface area contributed by atoms with Crippen molar-refractivity contribution in [3.8, 4) is 0 Å². The highest BCUT2D eigenvalue weighted by Crippen LogP contribution is 2.31. The molecule has 2 amide bonds. The molecule has 7 nitrogen and oxygen atoms in total. The van der Waals surface area contributed by atoms with Crippen LogP contribution in [0.15, 0.2) is 6.07 Å². The molecular formula is C21H34N4O3. The number of aromatic nitrogens is 1. The maximum Gasteiger partial charge on any atom is 0.252 e. The smallest absolute Gasteiger partial charge is 0.252 e. The Morgan fingerprint density at radius 1 is 1.14 bits per heavy atom. The van der Waals surface area contributed by atoms with Crippen molar-refractivity contribution in [3.05, 3.63) is 23.0 Å². The summed E-state index contributed by atoms with van der Waals surface area (Å²) in [7, 11) is 1.68. The van der Waals surface area contributed by atoms with Crippen molar-refractivity contribution in [2.45, 2.75) is 45.6 Å². The van der Waals surface area contributed by atoms with E-state index in [0.29, 0.717) is 5.92 Å². The van der Waals surface area contributed by atoms with E-state index in [1.54, 1.807) is 14.0 Å². The van der Waals surface area contributed by atoms with Crippen molar-refractivity contribution in [2.75, 3.05) is 53.0 Å². The van der Waals surface area contributed by atoms with Gasteiger partial charge in [0.05, 0.1) is 18.8 Å². The van der Waals surface area contributed by atoms with Crippen LogP contribution in [0.25, 0.3) is 0 Å². The largest absolute Gasteiger partial charge is 0.379 e. The van der Waals surface area contributed by atoms with Crippen LogP contribution in [0.5, 0.6) is 0 Å². The lowest BCUT2D eigenvalue weighted by Crippen LogP contribution is -2.37. The number of carbonyl (C=O) groups is 2. The van der Waals surface area contributed by atoms with Crippen molar-refractivity contribution < 1.29 is 14.3 Å². The minimum atomic E-state index is -0.0214. The summed E-state index contributed by atoms with van der Waals surface area (Å²) in [6.45, 7) is 10.9. The lowest BCUT2D eigenvalue weighted by molar-refractivity contribution is -0.129. The molecule has 0 aromatic carbocycles. The SMILES string of the molecule is CNC(=O)c1cc(C2CCN(C(C)=O)CC2)n(CCCN2CCOCC2)c1C. The van der Waals surface area contributed by atoms with Gasteiger partial charge >= 0.3 is 0 Å². The first-order valence-corrected chi connectivity index (χ1v) is 10.5. The van der Waals surface area contributed by atoms with E-state index >= 15 is 0 Å². The number of hydrogen-bond acceptors (Lipinski definition) is 4. The Hall–Kier alpha value is -1.86. The molecule has 0 spiro atoms. The van der Waals surface area contributed by atoms with E-state index in [1.165, 1.54) is 5.69 Å². The van der Waals surface area contributed by atoms with Gasteiger partial charge in [-0.25, -0.2) is 0 Å². The Morgan fingerprint density at radius 3 is 2.43 bits per heavy atom. The number of hydrogen-bond donors (Lipinski definition) is 1. The van der Waals surface area contributed by atoms with E-state index in [-0.39, 0.29) is 11.8 Å². The van der Waals surface area contributed by atoms with Gasteiger partial charge in [-0.15, -0.1) is 0 Å². The summed E-state index contributed by atoms with van der Waals surface area (Å²) in [5.41, 5.74) is 3.07. The first kappa shape index (κ1) is 20.9. The molecule has 2 fully saturated rings. The molecule has 3 heterocycles. The van der Waals surface area contributed by atoms with Gasteiger partial charge in [-0.3, -0.25) is 14.5 Å². The fraction of sp³-hybridized carbons (Fsp3) is 0.714. The molecule has 0 atom stereocenters. The van der Waals surface area contributed by atoms with Crippen LogP contribution < -0.4 is 5.32 Å². The zero-order chi connectivity index (χ0) is 20.1. The zero-order valence-corrected chi connectivity index (χ0v) is 17.5. The van der Waals surface area contributed by atoms with Crippen LogP contribution in [-0.2, 0) is 16.1 Å². The molecule has 2 aliphatic heterocycles. The highest BCUT2D eigenvalue weighted by Gasteiger charge is 2.27. The second-order valence-corrected chi connectivity index (χ2v) is 7.89. The maximum absolute atomic E-state index is 12.3. The molecule has 2 saturated heterocycles. The summed E-state index contributed by atoms with van der Waals surface area (Å²) in [5.74, 6) is 0.532. The molecule has 3 rings (SSSR count).